The molecule has 98 valence electrons. The van der Waals surface area contributed by atoms with E-state index in [1.54, 1.807) is 6.26 Å². The lowest BCUT2D eigenvalue weighted by Crippen LogP contribution is -1.83. The maximum Gasteiger partial charge on any atom is 0.113 e. The Kier molecular flexibility index (Phi) is 5.61. The van der Waals surface area contributed by atoms with E-state index < -0.39 is 0 Å². The number of aliphatic hydroxyl groups excluding tert-OH is 1. The van der Waals surface area contributed by atoms with Gasteiger partial charge in [0.05, 0.1) is 18.6 Å². The summed E-state index contributed by atoms with van der Waals surface area (Å²) in [4.78, 5) is 0. The summed E-state index contributed by atoms with van der Waals surface area (Å²) in [5.74, 6) is 8.80. The quantitative estimate of drug-likeness (QED) is 0.846. The zero-order chi connectivity index (χ0) is 13.3. The van der Waals surface area contributed by atoms with Crippen LogP contribution in [-0.4, -0.2) is 11.7 Å². The molecule has 2 nitrogen and oxygen atoms in total. The van der Waals surface area contributed by atoms with Gasteiger partial charge in [-0.15, -0.1) is 11.8 Å². The Morgan fingerprint density at radius 1 is 1.11 bits per heavy atom. The Balaban J connectivity index is 1.80. The lowest BCUT2D eigenvalue weighted by atomic mass is 10.1. The monoisotopic (exact) mass is 272 g/mol. The topological polar surface area (TPSA) is 33.4 Å². The number of thioether (sulfide) groups is 1. The molecule has 0 aliphatic rings. The summed E-state index contributed by atoms with van der Waals surface area (Å²) in [5, 5.41) is 8.65. The van der Waals surface area contributed by atoms with Crippen molar-refractivity contribution in [2.24, 2.45) is 0 Å². The molecule has 1 N–H and O–H groups in total. The van der Waals surface area contributed by atoms with E-state index in [9.17, 15) is 0 Å². The van der Waals surface area contributed by atoms with Gasteiger partial charge in [-0.1, -0.05) is 24.0 Å². The molecule has 1 aromatic heterocycles. The number of furan rings is 1. The summed E-state index contributed by atoms with van der Waals surface area (Å²) >= 11 is 1.83. The predicted octanol–water partition coefficient (Wildman–Crippen LogP) is 3.45. The second-order valence-corrected chi connectivity index (χ2v) is 5.03. The molecule has 0 aliphatic heterocycles. The molecule has 0 fully saturated rings. The molecule has 0 bridgehead atoms. The summed E-state index contributed by atoms with van der Waals surface area (Å²) in [6, 6.07) is 12.1. The van der Waals surface area contributed by atoms with Gasteiger partial charge in [0, 0.05) is 17.7 Å². The van der Waals surface area contributed by atoms with Crippen LogP contribution in [0.3, 0.4) is 0 Å². The van der Waals surface area contributed by atoms with E-state index in [2.05, 4.69) is 24.0 Å². The first kappa shape index (κ1) is 13.8. The zero-order valence-corrected chi connectivity index (χ0v) is 11.5. The fourth-order valence-electron chi connectivity index (χ4n) is 1.57. The van der Waals surface area contributed by atoms with Gasteiger partial charge in [-0.3, -0.25) is 0 Å². The Hall–Kier alpha value is -1.63. The lowest BCUT2D eigenvalue weighted by molar-refractivity contribution is 0.305. The molecule has 0 radical (unpaired) electrons. The number of aliphatic hydroxyl groups is 1. The third-order valence-electron chi connectivity index (χ3n) is 2.52. The van der Waals surface area contributed by atoms with E-state index in [4.69, 9.17) is 9.52 Å². The van der Waals surface area contributed by atoms with Crippen molar-refractivity contribution in [3.05, 3.63) is 59.5 Å². The fraction of sp³-hybridized carbons (Fsp3) is 0.250. The Labute approximate surface area is 117 Å². The van der Waals surface area contributed by atoms with E-state index in [1.165, 1.54) is 5.56 Å². The molecule has 2 aromatic rings. The van der Waals surface area contributed by atoms with Gasteiger partial charge in [0.15, 0.2) is 0 Å². The van der Waals surface area contributed by atoms with Crippen molar-refractivity contribution >= 4 is 11.8 Å². The van der Waals surface area contributed by atoms with Crippen LogP contribution in [0.15, 0.2) is 47.1 Å². The summed E-state index contributed by atoms with van der Waals surface area (Å²) in [5.41, 5.74) is 2.28. The van der Waals surface area contributed by atoms with Crippen molar-refractivity contribution in [1.29, 1.82) is 0 Å². The summed E-state index contributed by atoms with van der Waals surface area (Å²) in [6.07, 6.45) is 2.23. The highest BCUT2D eigenvalue weighted by atomic mass is 32.2. The van der Waals surface area contributed by atoms with Crippen molar-refractivity contribution in [3.63, 3.8) is 0 Å². The van der Waals surface area contributed by atoms with E-state index >= 15 is 0 Å². The molecule has 1 aromatic carbocycles. The molecule has 0 saturated heterocycles. The normalized spacial score (nSPS) is 9.95. The Morgan fingerprint density at radius 2 is 1.95 bits per heavy atom. The largest absolute Gasteiger partial charge is 0.468 e. The fourth-order valence-corrected chi connectivity index (χ4v) is 2.46. The summed E-state index contributed by atoms with van der Waals surface area (Å²) in [6.45, 7) is 0.120. The van der Waals surface area contributed by atoms with Crippen LogP contribution in [0.25, 0.3) is 0 Å². The molecular weight excluding hydrogens is 256 g/mol. The lowest BCUT2D eigenvalue weighted by Gasteiger charge is -2.00. The van der Waals surface area contributed by atoms with E-state index in [0.29, 0.717) is 6.42 Å². The second kappa shape index (κ2) is 7.73. The molecule has 0 saturated carbocycles. The van der Waals surface area contributed by atoms with Crippen LogP contribution >= 0.6 is 11.8 Å². The maximum atomic E-state index is 8.65. The Bertz CT molecular complexity index is 532. The van der Waals surface area contributed by atoms with Gasteiger partial charge in [-0.2, -0.15) is 0 Å². The highest BCUT2D eigenvalue weighted by Gasteiger charge is 1.97. The molecule has 19 heavy (non-hydrogen) atoms. The van der Waals surface area contributed by atoms with Gasteiger partial charge < -0.3 is 9.52 Å². The van der Waals surface area contributed by atoms with E-state index in [1.807, 2.05) is 36.0 Å². The summed E-state index contributed by atoms with van der Waals surface area (Å²) in [7, 11) is 0. The van der Waals surface area contributed by atoms with Gasteiger partial charge in [-0.25, -0.2) is 0 Å². The van der Waals surface area contributed by atoms with Crippen LogP contribution in [0.1, 0.15) is 23.3 Å². The molecule has 3 heteroatoms. The van der Waals surface area contributed by atoms with Crippen LogP contribution in [-0.2, 0) is 11.5 Å². The SMILES string of the molecule is OCCC#Cc1ccc(CSCc2ccco2)cc1. The first-order valence-electron chi connectivity index (χ1n) is 6.17. The van der Waals surface area contributed by atoms with Crippen molar-refractivity contribution in [1.82, 2.24) is 0 Å². The Morgan fingerprint density at radius 3 is 2.63 bits per heavy atom. The van der Waals surface area contributed by atoms with Crippen LogP contribution in [0.5, 0.6) is 0 Å². The van der Waals surface area contributed by atoms with Crippen LogP contribution < -0.4 is 0 Å². The molecule has 1 heterocycles. The van der Waals surface area contributed by atoms with Gasteiger partial charge in [0.1, 0.15) is 5.76 Å². The molecule has 0 atom stereocenters. The smallest absolute Gasteiger partial charge is 0.113 e. The molecule has 2 rings (SSSR count). The minimum absolute atomic E-state index is 0.120. The number of hydrogen-bond donors (Lipinski definition) is 1. The van der Waals surface area contributed by atoms with Crippen LogP contribution in [0.2, 0.25) is 0 Å². The molecule has 0 unspecified atom stereocenters. The third kappa shape index (κ3) is 4.86. The minimum Gasteiger partial charge on any atom is -0.468 e. The molecule has 0 aliphatic carbocycles. The van der Waals surface area contributed by atoms with Gasteiger partial charge in [0.25, 0.3) is 0 Å². The molecule has 0 spiro atoms. The molecule has 0 amide bonds. The maximum absolute atomic E-state index is 8.65. The van der Waals surface area contributed by atoms with Crippen LogP contribution in [0.4, 0.5) is 0 Å². The van der Waals surface area contributed by atoms with Crippen molar-refractivity contribution in [2.45, 2.75) is 17.9 Å². The summed E-state index contributed by atoms with van der Waals surface area (Å²) < 4.78 is 5.29. The molecular formula is C16H16O2S. The third-order valence-corrected chi connectivity index (χ3v) is 3.54. The van der Waals surface area contributed by atoms with Crippen LogP contribution in [0, 0.1) is 11.8 Å². The standard InChI is InChI=1S/C16H16O2S/c17-10-2-1-4-14-6-8-15(9-7-14)12-19-13-16-5-3-11-18-16/h3,5-9,11,17H,2,10,12-13H2. The first-order chi connectivity index (χ1) is 9.38. The van der Waals surface area contributed by atoms with E-state index in [0.717, 1.165) is 22.8 Å². The highest BCUT2D eigenvalue weighted by Crippen LogP contribution is 2.18. The number of benzene rings is 1. The predicted molar refractivity (Wildman–Crippen MR) is 78.7 cm³/mol. The van der Waals surface area contributed by atoms with Gasteiger partial charge in [-0.05, 0) is 29.8 Å². The number of rotatable bonds is 5. The van der Waals surface area contributed by atoms with Gasteiger partial charge >= 0.3 is 0 Å². The first-order valence-corrected chi connectivity index (χ1v) is 7.33. The van der Waals surface area contributed by atoms with E-state index in [-0.39, 0.29) is 6.61 Å². The second-order valence-electron chi connectivity index (χ2n) is 4.04. The average molecular weight is 272 g/mol. The number of hydrogen-bond acceptors (Lipinski definition) is 3. The zero-order valence-electron chi connectivity index (χ0n) is 10.6. The van der Waals surface area contributed by atoms with Gasteiger partial charge in [0.2, 0.25) is 0 Å². The highest BCUT2D eigenvalue weighted by molar-refractivity contribution is 7.97. The average Bonchev–Trinajstić information content (AvgIpc) is 2.94. The minimum atomic E-state index is 0.120. The van der Waals surface area contributed by atoms with Crippen molar-refractivity contribution in [2.75, 3.05) is 6.61 Å². The van der Waals surface area contributed by atoms with Crippen molar-refractivity contribution in [3.8, 4) is 11.8 Å². The van der Waals surface area contributed by atoms with Crippen molar-refractivity contribution < 1.29 is 9.52 Å².